The third-order valence-electron chi connectivity index (χ3n) is 4.44. The van der Waals surface area contributed by atoms with Gasteiger partial charge in [-0.05, 0) is 48.7 Å². The third-order valence-corrected chi connectivity index (χ3v) is 5.93. The molecule has 0 unspecified atom stereocenters. The van der Waals surface area contributed by atoms with E-state index in [2.05, 4.69) is 15.0 Å². The van der Waals surface area contributed by atoms with Gasteiger partial charge in [0.2, 0.25) is 15.9 Å². The highest BCUT2D eigenvalue weighted by atomic mass is 32.2. The Balaban J connectivity index is 1.78. The van der Waals surface area contributed by atoms with Crippen molar-refractivity contribution in [3.8, 4) is 0 Å². The second-order valence-corrected chi connectivity index (χ2v) is 8.46. The number of nitrogens with zero attached hydrogens (tertiary/aromatic N) is 1. The molecule has 0 aliphatic rings. The van der Waals surface area contributed by atoms with E-state index in [1.54, 1.807) is 36.7 Å². The van der Waals surface area contributed by atoms with Gasteiger partial charge in [0.1, 0.15) is 6.04 Å². The number of carbonyl (C=O) groups is 1. The Morgan fingerprint density at radius 1 is 0.931 bits per heavy atom. The smallest absolute Gasteiger partial charge is 0.241 e. The Labute approximate surface area is 171 Å². The molecule has 0 saturated heterocycles. The van der Waals surface area contributed by atoms with Crippen molar-refractivity contribution in [3.63, 3.8) is 0 Å². The number of benzene rings is 2. The van der Waals surface area contributed by atoms with Crippen molar-refractivity contribution < 1.29 is 13.2 Å². The number of aryl methyl sites for hydroxylation is 1. The number of pyridine rings is 1. The monoisotopic (exact) mass is 409 g/mol. The molecule has 7 heteroatoms. The molecule has 1 aromatic heterocycles. The Hall–Kier alpha value is -3.03. The van der Waals surface area contributed by atoms with E-state index in [4.69, 9.17) is 0 Å². The van der Waals surface area contributed by atoms with Gasteiger partial charge in [-0.15, -0.1) is 0 Å². The summed E-state index contributed by atoms with van der Waals surface area (Å²) in [6.45, 7) is 2.17. The number of hydrogen-bond acceptors (Lipinski definition) is 4. The van der Waals surface area contributed by atoms with Crippen LogP contribution >= 0.6 is 0 Å². The fourth-order valence-electron chi connectivity index (χ4n) is 2.82. The molecule has 0 aliphatic heterocycles. The molecule has 2 N–H and O–H groups in total. The predicted octanol–water partition coefficient (Wildman–Crippen LogP) is 2.60. The molecule has 3 aromatic rings. The van der Waals surface area contributed by atoms with Crippen molar-refractivity contribution in [2.24, 2.45) is 0 Å². The third kappa shape index (κ3) is 5.97. The van der Waals surface area contributed by atoms with E-state index in [9.17, 15) is 13.2 Å². The number of amides is 1. The maximum absolute atomic E-state index is 12.8. The van der Waals surface area contributed by atoms with Crippen LogP contribution in [0.1, 0.15) is 16.7 Å². The van der Waals surface area contributed by atoms with Crippen LogP contribution in [-0.4, -0.2) is 25.4 Å². The number of hydrogen-bond donors (Lipinski definition) is 2. The van der Waals surface area contributed by atoms with Crippen molar-refractivity contribution in [1.29, 1.82) is 0 Å². The van der Waals surface area contributed by atoms with E-state index in [1.165, 1.54) is 12.1 Å². The first-order valence-corrected chi connectivity index (χ1v) is 10.7. The summed E-state index contributed by atoms with van der Waals surface area (Å²) >= 11 is 0. The Kier molecular flexibility index (Phi) is 6.74. The maximum atomic E-state index is 12.8. The number of nitrogens with one attached hydrogen (secondary N) is 2. The van der Waals surface area contributed by atoms with E-state index >= 15 is 0 Å². The fraction of sp³-hybridized carbons (Fsp3) is 0.182. The van der Waals surface area contributed by atoms with Crippen LogP contribution in [-0.2, 0) is 27.8 Å². The van der Waals surface area contributed by atoms with Crippen molar-refractivity contribution >= 4 is 15.9 Å². The standard InChI is InChI=1S/C22H23N3O3S/c1-17-7-9-20(10-8-17)29(27,28)25-21(15-18-5-3-2-4-6-18)22(26)24-16-19-11-13-23-14-12-19/h2-14,21,25H,15-16H2,1H3,(H,24,26)/t21-/m0/s1. The van der Waals surface area contributed by atoms with Gasteiger partial charge in [-0.2, -0.15) is 4.72 Å². The molecule has 6 nitrogen and oxygen atoms in total. The average Bonchev–Trinajstić information content (AvgIpc) is 2.73. The molecule has 3 rings (SSSR count). The summed E-state index contributed by atoms with van der Waals surface area (Å²) in [5, 5.41) is 2.81. The lowest BCUT2D eigenvalue weighted by Crippen LogP contribution is -2.47. The zero-order valence-electron chi connectivity index (χ0n) is 16.1. The summed E-state index contributed by atoms with van der Waals surface area (Å²) in [5.41, 5.74) is 2.70. The quantitative estimate of drug-likeness (QED) is 0.599. The van der Waals surface area contributed by atoms with Crippen LogP contribution in [0.3, 0.4) is 0 Å². The predicted molar refractivity (Wildman–Crippen MR) is 112 cm³/mol. The van der Waals surface area contributed by atoms with Gasteiger partial charge in [-0.25, -0.2) is 8.42 Å². The summed E-state index contributed by atoms with van der Waals surface area (Å²) in [7, 11) is -3.85. The molecule has 0 spiro atoms. The molecule has 0 bridgehead atoms. The van der Waals surface area contributed by atoms with Gasteiger partial charge in [0.25, 0.3) is 0 Å². The summed E-state index contributed by atoms with van der Waals surface area (Å²) in [5.74, 6) is -0.388. The second-order valence-electron chi connectivity index (χ2n) is 6.75. The number of sulfonamides is 1. The highest BCUT2D eigenvalue weighted by Gasteiger charge is 2.26. The fourth-order valence-corrected chi connectivity index (χ4v) is 4.02. The molecule has 2 aromatic carbocycles. The zero-order chi connectivity index (χ0) is 20.7. The molecule has 1 amide bonds. The minimum absolute atomic E-state index is 0.128. The van der Waals surface area contributed by atoms with Crippen LogP contribution in [0.15, 0.2) is 84.0 Å². The van der Waals surface area contributed by atoms with E-state index in [1.807, 2.05) is 37.3 Å². The largest absolute Gasteiger partial charge is 0.351 e. The molecule has 1 atom stereocenters. The molecular weight excluding hydrogens is 386 g/mol. The molecule has 0 fully saturated rings. The van der Waals surface area contributed by atoms with Gasteiger partial charge >= 0.3 is 0 Å². The lowest BCUT2D eigenvalue weighted by Gasteiger charge is -2.19. The highest BCUT2D eigenvalue weighted by Crippen LogP contribution is 2.12. The molecule has 0 radical (unpaired) electrons. The topological polar surface area (TPSA) is 88.2 Å². The number of aromatic nitrogens is 1. The van der Waals surface area contributed by atoms with E-state index in [0.29, 0.717) is 6.54 Å². The first-order valence-electron chi connectivity index (χ1n) is 9.23. The SMILES string of the molecule is Cc1ccc(S(=O)(=O)N[C@@H](Cc2ccccc2)C(=O)NCc2ccncc2)cc1. The maximum Gasteiger partial charge on any atom is 0.241 e. The highest BCUT2D eigenvalue weighted by molar-refractivity contribution is 7.89. The Morgan fingerprint density at radius 3 is 2.24 bits per heavy atom. The van der Waals surface area contributed by atoms with Gasteiger partial charge in [-0.1, -0.05) is 48.0 Å². The van der Waals surface area contributed by atoms with Crippen molar-refractivity contribution in [1.82, 2.24) is 15.0 Å². The average molecular weight is 410 g/mol. The Bertz CT molecular complexity index is 1040. The van der Waals surface area contributed by atoms with Crippen molar-refractivity contribution in [2.75, 3.05) is 0 Å². The van der Waals surface area contributed by atoms with Gasteiger partial charge in [-0.3, -0.25) is 9.78 Å². The minimum atomic E-state index is -3.85. The lowest BCUT2D eigenvalue weighted by molar-refractivity contribution is -0.122. The van der Waals surface area contributed by atoms with E-state index in [-0.39, 0.29) is 17.2 Å². The van der Waals surface area contributed by atoms with Crippen LogP contribution in [0.25, 0.3) is 0 Å². The Morgan fingerprint density at radius 2 is 1.59 bits per heavy atom. The molecule has 1 heterocycles. The van der Waals surface area contributed by atoms with Crippen LogP contribution < -0.4 is 10.0 Å². The zero-order valence-corrected chi connectivity index (χ0v) is 16.9. The summed E-state index contributed by atoms with van der Waals surface area (Å²) in [4.78, 5) is 16.9. The molecular formula is C22H23N3O3S. The first-order chi connectivity index (χ1) is 13.9. The summed E-state index contributed by atoms with van der Waals surface area (Å²) < 4.78 is 28.2. The van der Waals surface area contributed by atoms with E-state index in [0.717, 1.165) is 16.7 Å². The molecule has 0 saturated carbocycles. The van der Waals surface area contributed by atoms with Crippen LogP contribution in [0.2, 0.25) is 0 Å². The van der Waals surface area contributed by atoms with Gasteiger partial charge in [0.15, 0.2) is 0 Å². The van der Waals surface area contributed by atoms with Gasteiger partial charge in [0, 0.05) is 18.9 Å². The number of rotatable bonds is 8. The first kappa shape index (κ1) is 20.7. The van der Waals surface area contributed by atoms with Gasteiger partial charge in [0.05, 0.1) is 4.90 Å². The number of carbonyl (C=O) groups excluding carboxylic acids is 1. The van der Waals surface area contributed by atoms with Crippen LogP contribution in [0.5, 0.6) is 0 Å². The molecule has 29 heavy (non-hydrogen) atoms. The normalized spacial score (nSPS) is 12.3. The van der Waals surface area contributed by atoms with Gasteiger partial charge < -0.3 is 5.32 Å². The molecule has 0 aliphatic carbocycles. The second kappa shape index (κ2) is 9.45. The van der Waals surface area contributed by atoms with Crippen LogP contribution in [0, 0.1) is 6.92 Å². The van der Waals surface area contributed by atoms with Crippen molar-refractivity contribution in [3.05, 3.63) is 95.8 Å². The molecule has 150 valence electrons. The summed E-state index contributed by atoms with van der Waals surface area (Å²) in [6, 6.07) is 18.5. The van der Waals surface area contributed by atoms with E-state index < -0.39 is 16.1 Å². The lowest BCUT2D eigenvalue weighted by atomic mass is 10.1. The summed E-state index contributed by atoms with van der Waals surface area (Å²) in [6.07, 6.45) is 3.53. The minimum Gasteiger partial charge on any atom is -0.351 e. The van der Waals surface area contributed by atoms with Crippen molar-refractivity contribution in [2.45, 2.75) is 30.8 Å². The van der Waals surface area contributed by atoms with Crippen LogP contribution in [0.4, 0.5) is 0 Å².